The van der Waals surface area contributed by atoms with Gasteiger partial charge in [-0.1, -0.05) is 0 Å². The van der Waals surface area contributed by atoms with Gasteiger partial charge in [-0.3, -0.25) is 9.78 Å². The van der Waals surface area contributed by atoms with Gasteiger partial charge in [0.2, 0.25) is 5.95 Å². The van der Waals surface area contributed by atoms with Crippen molar-refractivity contribution in [3.05, 3.63) is 72.1 Å². The Bertz CT molecular complexity index is 933. The van der Waals surface area contributed by atoms with E-state index in [0.717, 1.165) is 5.56 Å². The molecule has 0 aliphatic carbocycles. The second kappa shape index (κ2) is 10.2. The number of carbonyl (C=O) groups excluding carboxylic acids is 1. The van der Waals surface area contributed by atoms with E-state index in [1.807, 2.05) is 6.92 Å². The van der Waals surface area contributed by atoms with Crippen LogP contribution in [0.3, 0.4) is 0 Å². The van der Waals surface area contributed by atoms with Crippen molar-refractivity contribution in [1.29, 1.82) is 0 Å². The van der Waals surface area contributed by atoms with Gasteiger partial charge in [0.25, 0.3) is 0 Å². The summed E-state index contributed by atoms with van der Waals surface area (Å²) in [6.45, 7) is 3.74. The molecular weight excluding hydrogens is 373 g/mol. The van der Waals surface area contributed by atoms with Gasteiger partial charge in [-0.05, 0) is 42.8 Å². The number of carbonyl (C=O) groups is 1. The first-order valence-electron chi connectivity index (χ1n) is 9.28. The van der Waals surface area contributed by atoms with Gasteiger partial charge in [0.05, 0.1) is 24.1 Å². The van der Waals surface area contributed by atoms with Crippen LogP contribution < -0.4 is 10.6 Å². The molecule has 7 nitrogen and oxygen atoms in total. The van der Waals surface area contributed by atoms with Crippen molar-refractivity contribution < 1.29 is 13.9 Å². The van der Waals surface area contributed by atoms with Gasteiger partial charge in [0.1, 0.15) is 5.82 Å². The third-order valence-electron chi connectivity index (χ3n) is 4.09. The molecule has 3 aromatic rings. The molecule has 1 aromatic carbocycles. The van der Waals surface area contributed by atoms with E-state index < -0.39 is 0 Å². The average molecular weight is 395 g/mol. The molecule has 2 heterocycles. The Balaban J connectivity index is 1.64. The summed E-state index contributed by atoms with van der Waals surface area (Å²) in [5.41, 5.74) is 2.58. The van der Waals surface area contributed by atoms with Crippen molar-refractivity contribution >= 4 is 23.1 Å². The van der Waals surface area contributed by atoms with Gasteiger partial charge in [0.15, 0.2) is 5.78 Å². The fourth-order valence-electron chi connectivity index (χ4n) is 2.60. The molecule has 2 N–H and O–H groups in total. The fraction of sp³-hybridized carbons (Fsp3) is 0.238. The third-order valence-corrected chi connectivity index (χ3v) is 4.09. The number of hydrogen-bond acceptors (Lipinski definition) is 7. The number of Topliss-reactive ketones (excluding diaryl/α,β-unsaturated/α-hetero) is 1. The molecule has 0 radical (unpaired) electrons. The molecule has 29 heavy (non-hydrogen) atoms. The highest BCUT2D eigenvalue weighted by Gasteiger charge is 2.12. The van der Waals surface area contributed by atoms with E-state index in [4.69, 9.17) is 4.74 Å². The lowest BCUT2D eigenvalue weighted by Gasteiger charge is -2.11. The number of anilines is 3. The molecule has 0 amide bonds. The summed E-state index contributed by atoms with van der Waals surface area (Å²) >= 11 is 0. The van der Waals surface area contributed by atoms with E-state index in [-0.39, 0.29) is 18.0 Å². The molecule has 8 heteroatoms. The Morgan fingerprint density at radius 2 is 1.86 bits per heavy atom. The lowest BCUT2D eigenvalue weighted by Crippen LogP contribution is -2.12. The maximum atomic E-state index is 13.1. The largest absolute Gasteiger partial charge is 0.380 e. The molecule has 0 fully saturated rings. The zero-order chi connectivity index (χ0) is 20.5. The normalized spacial score (nSPS) is 10.6. The van der Waals surface area contributed by atoms with E-state index in [2.05, 4.69) is 25.6 Å². The lowest BCUT2D eigenvalue weighted by molar-refractivity contribution is 0.0992. The van der Waals surface area contributed by atoms with Crippen molar-refractivity contribution in [2.24, 2.45) is 0 Å². The standard InChI is InChI=1S/C21H22FN5O2/c1-2-29-10-9-24-21-25-12-16(13-26-21)20(28)11-15-7-8-23-14-19(15)27-18-5-3-17(22)4-6-18/h3-8,12-14,27H,2,9-11H2,1H3,(H,24,25,26). The number of nitrogens with one attached hydrogen (secondary N) is 2. The molecular formula is C21H22FN5O2. The van der Waals surface area contributed by atoms with Gasteiger partial charge < -0.3 is 15.4 Å². The predicted octanol–water partition coefficient (Wildman–Crippen LogP) is 3.63. The van der Waals surface area contributed by atoms with Crippen LogP contribution in [0.2, 0.25) is 0 Å². The number of pyridine rings is 1. The number of aromatic nitrogens is 3. The summed E-state index contributed by atoms with van der Waals surface area (Å²) in [4.78, 5) is 25.1. The topological polar surface area (TPSA) is 89.0 Å². The van der Waals surface area contributed by atoms with Gasteiger partial charge in [0, 0.05) is 43.9 Å². The van der Waals surface area contributed by atoms with E-state index >= 15 is 0 Å². The van der Waals surface area contributed by atoms with Gasteiger partial charge in [-0.15, -0.1) is 0 Å². The summed E-state index contributed by atoms with van der Waals surface area (Å²) in [7, 11) is 0. The fourth-order valence-corrected chi connectivity index (χ4v) is 2.60. The lowest BCUT2D eigenvalue weighted by atomic mass is 10.0. The summed E-state index contributed by atoms with van der Waals surface area (Å²) in [6.07, 6.45) is 6.43. The smallest absolute Gasteiger partial charge is 0.222 e. The van der Waals surface area contributed by atoms with Crippen LogP contribution >= 0.6 is 0 Å². The van der Waals surface area contributed by atoms with Crippen molar-refractivity contribution in [3.8, 4) is 0 Å². The first-order chi connectivity index (χ1) is 14.2. The number of nitrogens with zero attached hydrogens (tertiary/aromatic N) is 3. The third kappa shape index (κ3) is 6.05. The summed E-state index contributed by atoms with van der Waals surface area (Å²) in [5.74, 6) is 0.0241. The number of ketones is 1. The Labute approximate surface area is 168 Å². The zero-order valence-corrected chi connectivity index (χ0v) is 16.1. The predicted molar refractivity (Wildman–Crippen MR) is 109 cm³/mol. The van der Waals surface area contributed by atoms with Crippen molar-refractivity contribution in [3.63, 3.8) is 0 Å². The van der Waals surface area contributed by atoms with Crippen molar-refractivity contribution in [1.82, 2.24) is 15.0 Å². The summed E-state index contributed by atoms with van der Waals surface area (Å²) in [6, 6.07) is 7.75. The minimum atomic E-state index is -0.312. The van der Waals surface area contributed by atoms with Gasteiger partial charge in [-0.2, -0.15) is 0 Å². The summed E-state index contributed by atoms with van der Waals surface area (Å²) < 4.78 is 18.3. The Morgan fingerprint density at radius 3 is 2.59 bits per heavy atom. The van der Waals surface area contributed by atoms with Crippen molar-refractivity contribution in [2.45, 2.75) is 13.3 Å². The van der Waals surface area contributed by atoms with Gasteiger partial charge >= 0.3 is 0 Å². The highest BCUT2D eigenvalue weighted by molar-refractivity contribution is 5.97. The van der Waals surface area contributed by atoms with Crippen LogP contribution in [-0.2, 0) is 11.2 Å². The van der Waals surface area contributed by atoms with Crippen LogP contribution in [0.4, 0.5) is 21.7 Å². The van der Waals surface area contributed by atoms with Crippen LogP contribution in [0.25, 0.3) is 0 Å². The Morgan fingerprint density at radius 1 is 1.10 bits per heavy atom. The molecule has 0 spiro atoms. The second-order valence-electron chi connectivity index (χ2n) is 6.18. The monoisotopic (exact) mass is 395 g/mol. The molecule has 0 aliphatic heterocycles. The number of benzene rings is 1. The van der Waals surface area contributed by atoms with E-state index in [0.29, 0.717) is 42.6 Å². The Kier molecular flexibility index (Phi) is 7.18. The highest BCUT2D eigenvalue weighted by Crippen LogP contribution is 2.21. The second-order valence-corrected chi connectivity index (χ2v) is 6.18. The molecule has 0 bridgehead atoms. The molecule has 0 saturated heterocycles. The van der Waals surface area contributed by atoms with Crippen LogP contribution in [-0.4, -0.2) is 40.5 Å². The minimum Gasteiger partial charge on any atom is -0.380 e. The zero-order valence-electron chi connectivity index (χ0n) is 16.1. The first-order valence-corrected chi connectivity index (χ1v) is 9.28. The maximum Gasteiger partial charge on any atom is 0.222 e. The van der Waals surface area contributed by atoms with Crippen LogP contribution in [0.5, 0.6) is 0 Å². The molecule has 0 atom stereocenters. The molecule has 0 saturated carbocycles. The summed E-state index contributed by atoms with van der Waals surface area (Å²) in [5, 5.41) is 6.20. The molecule has 150 valence electrons. The first kappa shape index (κ1) is 20.3. The maximum absolute atomic E-state index is 13.1. The van der Waals surface area contributed by atoms with E-state index in [1.54, 1.807) is 30.6 Å². The van der Waals surface area contributed by atoms with Crippen LogP contribution in [0, 0.1) is 5.82 Å². The van der Waals surface area contributed by atoms with Crippen molar-refractivity contribution in [2.75, 3.05) is 30.4 Å². The van der Waals surface area contributed by atoms with E-state index in [1.165, 1.54) is 24.5 Å². The minimum absolute atomic E-state index is 0.112. The Hall–Kier alpha value is -3.39. The van der Waals surface area contributed by atoms with E-state index in [9.17, 15) is 9.18 Å². The SMILES string of the molecule is CCOCCNc1ncc(C(=O)Cc2ccncc2Nc2ccc(F)cc2)cn1. The molecule has 0 aliphatic rings. The average Bonchev–Trinajstić information content (AvgIpc) is 2.74. The molecule has 2 aromatic heterocycles. The van der Waals surface area contributed by atoms with Crippen LogP contribution in [0.1, 0.15) is 22.8 Å². The number of halogens is 1. The number of rotatable bonds is 10. The number of ether oxygens (including phenoxy) is 1. The molecule has 0 unspecified atom stereocenters. The quantitative estimate of drug-likeness (QED) is 0.400. The van der Waals surface area contributed by atoms with Gasteiger partial charge in [-0.25, -0.2) is 14.4 Å². The highest BCUT2D eigenvalue weighted by atomic mass is 19.1. The van der Waals surface area contributed by atoms with Crippen LogP contribution in [0.15, 0.2) is 55.1 Å². The number of hydrogen-bond donors (Lipinski definition) is 2. The molecule has 3 rings (SSSR count).